The first-order chi connectivity index (χ1) is 9.24. The maximum atomic E-state index is 12.1. The second-order valence-electron chi connectivity index (χ2n) is 4.21. The van der Waals surface area contributed by atoms with E-state index in [0.717, 1.165) is 10.9 Å². The van der Waals surface area contributed by atoms with E-state index < -0.39 is 5.97 Å². The molecule has 6 nitrogen and oxygen atoms in total. The van der Waals surface area contributed by atoms with E-state index in [-0.39, 0.29) is 6.61 Å². The number of carbonyl (C=O) groups is 1. The number of H-pyrrole nitrogens is 1. The minimum atomic E-state index is -0.416. The molecule has 6 heteroatoms. The maximum absolute atomic E-state index is 12.1. The first-order valence-corrected chi connectivity index (χ1v) is 5.74. The van der Waals surface area contributed by atoms with Crippen LogP contribution in [0.4, 0.5) is 0 Å². The van der Waals surface area contributed by atoms with Gasteiger partial charge in [-0.25, -0.2) is 4.79 Å². The summed E-state index contributed by atoms with van der Waals surface area (Å²) in [6.45, 7) is 2.00. The fourth-order valence-corrected chi connectivity index (χ4v) is 1.90. The summed E-state index contributed by atoms with van der Waals surface area (Å²) in [6, 6.07) is 5.37. The fourth-order valence-electron chi connectivity index (χ4n) is 1.90. The lowest BCUT2D eigenvalue weighted by molar-refractivity contribution is 0.0466. The van der Waals surface area contributed by atoms with E-state index in [4.69, 9.17) is 4.74 Å². The first-order valence-electron chi connectivity index (χ1n) is 5.74. The van der Waals surface area contributed by atoms with Crippen molar-refractivity contribution in [2.24, 2.45) is 0 Å². The number of benzene rings is 1. The van der Waals surface area contributed by atoms with Gasteiger partial charge in [0.1, 0.15) is 18.6 Å². The van der Waals surface area contributed by atoms with Gasteiger partial charge in [0.15, 0.2) is 0 Å². The smallest absolute Gasteiger partial charge is 0.340 e. The Balaban J connectivity index is 1.86. The van der Waals surface area contributed by atoms with E-state index in [9.17, 15) is 4.79 Å². The second kappa shape index (κ2) is 4.56. The molecule has 2 aromatic heterocycles. The highest BCUT2D eigenvalue weighted by Crippen LogP contribution is 2.19. The van der Waals surface area contributed by atoms with Gasteiger partial charge in [0.2, 0.25) is 0 Å². The summed E-state index contributed by atoms with van der Waals surface area (Å²) in [5.74, 6) is -0.416. The third kappa shape index (κ3) is 2.20. The van der Waals surface area contributed by atoms with Crippen LogP contribution in [0.1, 0.15) is 21.6 Å². The van der Waals surface area contributed by atoms with Crippen LogP contribution in [0.3, 0.4) is 0 Å². The fraction of sp³-hybridized carbons (Fsp3) is 0.154. The average molecular weight is 257 g/mol. The van der Waals surface area contributed by atoms with Crippen LogP contribution >= 0.6 is 0 Å². The molecule has 0 saturated heterocycles. The summed E-state index contributed by atoms with van der Waals surface area (Å²) in [4.78, 5) is 12.1. The number of esters is 1. The molecule has 0 aliphatic rings. The number of aryl methyl sites for hydroxylation is 1. The number of rotatable bonds is 3. The van der Waals surface area contributed by atoms with Crippen molar-refractivity contribution in [3.05, 3.63) is 47.5 Å². The van der Waals surface area contributed by atoms with Crippen molar-refractivity contribution >= 4 is 16.9 Å². The van der Waals surface area contributed by atoms with Crippen molar-refractivity contribution in [1.82, 2.24) is 15.4 Å². The number of hydrogen-bond acceptors (Lipinski definition) is 5. The van der Waals surface area contributed by atoms with Gasteiger partial charge in [0.05, 0.1) is 17.3 Å². The van der Waals surface area contributed by atoms with E-state index in [2.05, 4.69) is 19.9 Å². The molecule has 0 amide bonds. The molecule has 0 radical (unpaired) electrons. The summed E-state index contributed by atoms with van der Waals surface area (Å²) in [7, 11) is 0. The normalized spacial score (nSPS) is 10.8. The van der Waals surface area contributed by atoms with Crippen LogP contribution in [0.15, 0.2) is 35.2 Å². The van der Waals surface area contributed by atoms with Crippen LogP contribution in [0.25, 0.3) is 10.9 Å². The summed E-state index contributed by atoms with van der Waals surface area (Å²) in [5, 5.41) is 11.3. The molecule has 1 N–H and O–H groups in total. The monoisotopic (exact) mass is 257 g/mol. The lowest BCUT2D eigenvalue weighted by atomic mass is 10.1. The Labute approximate surface area is 108 Å². The van der Waals surface area contributed by atoms with Gasteiger partial charge in [-0.05, 0) is 24.6 Å². The van der Waals surface area contributed by atoms with Gasteiger partial charge < -0.3 is 9.26 Å². The lowest BCUT2D eigenvalue weighted by Crippen LogP contribution is -2.06. The van der Waals surface area contributed by atoms with Crippen LogP contribution in [0.5, 0.6) is 0 Å². The summed E-state index contributed by atoms with van der Waals surface area (Å²) in [6.07, 6.45) is 3.11. The van der Waals surface area contributed by atoms with E-state index in [0.29, 0.717) is 16.8 Å². The topological polar surface area (TPSA) is 81.0 Å². The molecular weight excluding hydrogens is 246 g/mol. The number of carbonyl (C=O) groups excluding carboxylic acids is 1. The van der Waals surface area contributed by atoms with Crippen molar-refractivity contribution in [1.29, 1.82) is 0 Å². The molecule has 96 valence electrons. The Kier molecular flexibility index (Phi) is 2.75. The molecule has 3 aromatic rings. The molecule has 0 aliphatic heterocycles. The largest absolute Gasteiger partial charge is 0.455 e. The molecule has 2 heterocycles. The Morgan fingerprint density at radius 1 is 1.47 bits per heavy atom. The Hall–Kier alpha value is -2.63. The van der Waals surface area contributed by atoms with Gasteiger partial charge in [-0.3, -0.25) is 5.10 Å². The summed E-state index contributed by atoms with van der Waals surface area (Å²) >= 11 is 0. The number of ether oxygens (including phenoxy) is 1. The van der Waals surface area contributed by atoms with E-state index in [1.807, 2.05) is 13.0 Å². The maximum Gasteiger partial charge on any atom is 0.340 e. The first kappa shape index (κ1) is 11.5. The molecule has 0 aliphatic carbocycles. The molecule has 0 unspecified atom stereocenters. The molecule has 1 aromatic carbocycles. The van der Waals surface area contributed by atoms with Crippen molar-refractivity contribution in [3.8, 4) is 0 Å². The molecule has 0 atom stereocenters. The van der Waals surface area contributed by atoms with E-state index in [1.54, 1.807) is 18.3 Å². The number of aromatic nitrogens is 3. The zero-order valence-corrected chi connectivity index (χ0v) is 10.2. The zero-order chi connectivity index (χ0) is 13.2. The van der Waals surface area contributed by atoms with E-state index >= 15 is 0 Å². The predicted molar refractivity (Wildman–Crippen MR) is 66.5 cm³/mol. The Bertz CT molecular complexity index is 716. The minimum Gasteiger partial charge on any atom is -0.455 e. The summed E-state index contributed by atoms with van der Waals surface area (Å²) < 4.78 is 9.87. The van der Waals surface area contributed by atoms with Crippen molar-refractivity contribution in [3.63, 3.8) is 0 Å². The SMILES string of the molecule is Cc1cc(C(=O)OCc2ccon2)c2[nH]ncc2c1. The van der Waals surface area contributed by atoms with Crippen LogP contribution in [-0.2, 0) is 11.3 Å². The quantitative estimate of drug-likeness (QED) is 0.727. The van der Waals surface area contributed by atoms with Gasteiger partial charge in [-0.2, -0.15) is 5.10 Å². The van der Waals surface area contributed by atoms with E-state index in [1.165, 1.54) is 6.26 Å². The highest BCUT2D eigenvalue weighted by molar-refractivity contribution is 6.02. The third-order valence-corrected chi connectivity index (χ3v) is 2.76. The van der Waals surface area contributed by atoms with Gasteiger partial charge in [0, 0.05) is 11.5 Å². The highest BCUT2D eigenvalue weighted by atomic mass is 16.5. The number of nitrogens with one attached hydrogen (secondary N) is 1. The second-order valence-corrected chi connectivity index (χ2v) is 4.21. The average Bonchev–Trinajstić information content (AvgIpc) is 3.05. The van der Waals surface area contributed by atoms with Crippen molar-refractivity contribution in [2.45, 2.75) is 13.5 Å². The third-order valence-electron chi connectivity index (χ3n) is 2.76. The number of hydrogen-bond donors (Lipinski definition) is 1. The Morgan fingerprint density at radius 2 is 2.37 bits per heavy atom. The van der Waals surface area contributed by atoms with Gasteiger partial charge in [0.25, 0.3) is 0 Å². The minimum absolute atomic E-state index is 0.0822. The van der Waals surface area contributed by atoms with Gasteiger partial charge in [-0.1, -0.05) is 5.16 Å². The van der Waals surface area contributed by atoms with Crippen molar-refractivity contribution in [2.75, 3.05) is 0 Å². The molecule has 19 heavy (non-hydrogen) atoms. The molecule has 0 bridgehead atoms. The molecule has 0 saturated carbocycles. The number of fused-ring (bicyclic) bond motifs is 1. The zero-order valence-electron chi connectivity index (χ0n) is 10.2. The Morgan fingerprint density at radius 3 is 3.16 bits per heavy atom. The van der Waals surface area contributed by atoms with Crippen LogP contribution < -0.4 is 0 Å². The van der Waals surface area contributed by atoms with Crippen LogP contribution in [-0.4, -0.2) is 21.3 Å². The molecule has 0 spiro atoms. The number of aromatic amines is 1. The number of nitrogens with zero attached hydrogens (tertiary/aromatic N) is 2. The molecular formula is C13H11N3O3. The predicted octanol–water partition coefficient (Wildman–Crippen LogP) is 2.22. The summed E-state index contributed by atoms with van der Waals surface area (Å²) in [5.41, 5.74) is 2.69. The van der Waals surface area contributed by atoms with Gasteiger partial charge in [-0.15, -0.1) is 0 Å². The molecule has 0 fully saturated rings. The van der Waals surface area contributed by atoms with Gasteiger partial charge >= 0.3 is 5.97 Å². The van der Waals surface area contributed by atoms with Crippen molar-refractivity contribution < 1.29 is 14.1 Å². The van der Waals surface area contributed by atoms with Crippen LogP contribution in [0, 0.1) is 6.92 Å². The standard InChI is InChI=1S/C13H11N3O3/c1-8-4-9-6-14-15-12(9)11(5-8)13(17)18-7-10-2-3-19-16-10/h2-6H,7H2,1H3,(H,14,15). The van der Waals surface area contributed by atoms with Crippen LogP contribution in [0.2, 0.25) is 0 Å². The highest BCUT2D eigenvalue weighted by Gasteiger charge is 2.14. The molecule has 3 rings (SSSR count). The lowest BCUT2D eigenvalue weighted by Gasteiger charge is -2.05.